The first-order chi connectivity index (χ1) is 6.41. The number of hydrogen-bond acceptors (Lipinski definition) is 2. The van der Waals surface area contributed by atoms with Gasteiger partial charge in [0.05, 0.1) is 0 Å². The molecule has 0 aliphatic heterocycles. The molecule has 7 heteroatoms. The van der Waals surface area contributed by atoms with Gasteiger partial charge in [0, 0.05) is 0 Å². The Morgan fingerprint density at radius 3 is 1.46 bits per heavy atom. The molecule has 4 nitrogen and oxygen atoms in total. The molecule has 0 aromatic carbocycles. The monoisotopic (exact) mass is 350 g/mol. The standard InChI is InChI=1S/2C3H3N2.2BrH.Ni/c2*1-2-5-3-4-1;;;/h2*1-2H,(H,4,5);2*1H;/q2*-1;;;+4/p-2. The number of rotatable bonds is 0. The molecular formula is C6H6Br2N4Ni. The Hall–Kier alpha value is -0.126. The van der Waals surface area contributed by atoms with Gasteiger partial charge in [-0.25, -0.2) is 0 Å². The van der Waals surface area contributed by atoms with Crippen molar-refractivity contribution in [2.45, 2.75) is 0 Å². The van der Waals surface area contributed by atoms with E-state index in [2.05, 4.69) is 61.0 Å². The van der Waals surface area contributed by atoms with Gasteiger partial charge in [-0.3, -0.25) is 0 Å². The van der Waals surface area contributed by atoms with Gasteiger partial charge in [-0.05, 0) is 12.7 Å². The van der Waals surface area contributed by atoms with Crippen molar-refractivity contribution in [2.75, 3.05) is 0 Å². The first-order valence-corrected chi connectivity index (χ1v) is 7.83. The van der Waals surface area contributed by atoms with E-state index in [9.17, 15) is 0 Å². The fourth-order valence-electron chi connectivity index (χ4n) is 0.373. The Bertz CT molecular complexity index is 174. The van der Waals surface area contributed by atoms with Gasteiger partial charge in [-0.2, -0.15) is 0 Å². The molecule has 0 bridgehead atoms. The van der Waals surface area contributed by atoms with E-state index in [0.717, 1.165) is 0 Å². The number of aromatic nitrogens is 4. The smallest absolute Gasteiger partial charge is 0.00235 e. The zero-order chi connectivity index (χ0) is 9.78. The molecule has 2 aromatic rings. The van der Waals surface area contributed by atoms with E-state index in [1.807, 2.05) is 0 Å². The van der Waals surface area contributed by atoms with Crippen LogP contribution in [0.15, 0.2) is 24.8 Å². The minimum Gasteiger partial charge on any atom is -0.467 e. The summed E-state index contributed by atoms with van der Waals surface area (Å²) in [6, 6.07) is 0. The van der Waals surface area contributed by atoms with Crippen molar-refractivity contribution in [3.63, 3.8) is 0 Å². The maximum Gasteiger partial charge on any atom is -0.00235 e. The summed E-state index contributed by atoms with van der Waals surface area (Å²) < 4.78 is 0. The SMILES string of the molecule is [Br][Ni+2][Br].[c-]1ncc[nH]1.[c-]1ncc[nH]1. The number of H-pyrrole nitrogens is 2. The topological polar surface area (TPSA) is 57.4 Å². The molecule has 0 atom stereocenters. The maximum atomic E-state index is 3.54. The average molecular weight is 353 g/mol. The Kier molecular flexibility index (Phi) is 11.8. The molecule has 0 saturated carbocycles. The Morgan fingerprint density at radius 1 is 1.00 bits per heavy atom. The predicted molar refractivity (Wildman–Crippen MR) is 52.7 cm³/mol. The van der Waals surface area contributed by atoms with Gasteiger partial charge in [-0.15, -0.1) is 24.8 Å². The van der Waals surface area contributed by atoms with Crippen molar-refractivity contribution in [3.05, 3.63) is 37.4 Å². The third-order valence-electron chi connectivity index (χ3n) is 0.723. The fourth-order valence-corrected chi connectivity index (χ4v) is 0.373. The summed E-state index contributed by atoms with van der Waals surface area (Å²) in [6.07, 6.45) is 11.7. The van der Waals surface area contributed by atoms with E-state index in [4.69, 9.17) is 0 Å². The van der Waals surface area contributed by atoms with Gasteiger partial charge < -0.3 is 19.9 Å². The molecule has 0 aliphatic rings. The Morgan fingerprint density at radius 2 is 1.38 bits per heavy atom. The third kappa shape index (κ3) is 11.9. The van der Waals surface area contributed by atoms with Gasteiger partial charge in [-0.1, -0.05) is 0 Å². The second kappa shape index (κ2) is 11.9. The van der Waals surface area contributed by atoms with Crippen molar-refractivity contribution in [3.8, 4) is 0 Å². The van der Waals surface area contributed by atoms with Crippen LogP contribution in [0.3, 0.4) is 0 Å². The van der Waals surface area contributed by atoms with Crippen LogP contribution in [0.4, 0.5) is 0 Å². The molecule has 2 N–H and O–H groups in total. The van der Waals surface area contributed by atoms with E-state index in [0.29, 0.717) is 0 Å². The first kappa shape index (κ1) is 12.9. The number of imidazole rings is 2. The molecular weight excluding hydrogens is 347 g/mol. The zero-order valence-electron chi connectivity index (χ0n) is 6.28. The van der Waals surface area contributed by atoms with E-state index in [1.165, 1.54) is 10.9 Å². The normalized spacial score (nSPS) is 7.85. The van der Waals surface area contributed by atoms with Gasteiger partial charge >= 0.3 is 39.3 Å². The number of aromatic amines is 2. The van der Waals surface area contributed by atoms with E-state index < -0.39 is 0 Å². The number of halogens is 2. The van der Waals surface area contributed by atoms with Crippen LogP contribution in [-0.2, 0) is 10.9 Å². The Labute approximate surface area is 96.3 Å². The minimum absolute atomic E-state index is 1.25. The van der Waals surface area contributed by atoms with E-state index in [1.54, 1.807) is 24.8 Å². The fraction of sp³-hybridized carbons (Fsp3) is 0. The molecule has 0 saturated heterocycles. The summed E-state index contributed by atoms with van der Waals surface area (Å²) in [6.45, 7) is 0. The summed E-state index contributed by atoms with van der Waals surface area (Å²) in [5, 5.41) is 0. The molecule has 74 valence electrons. The zero-order valence-corrected chi connectivity index (χ0v) is 10.4. The molecule has 2 heterocycles. The average Bonchev–Trinajstić information content (AvgIpc) is 2.85. The molecule has 13 heavy (non-hydrogen) atoms. The molecule has 2 rings (SSSR count). The molecule has 0 spiro atoms. The maximum absolute atomic E-state index is 3.54. The van der Waals surface area contributed by atoms with Gasteiger partial charge in [0.1, 0.15) is 0 Å². The summed E-state index contributed by atoms with van der Waals surface area (Å²) in [7, 11) is 1.25. The van der Waals surface area contributed by atoms with Crippen molar-refractivity contribution >= 4 is 28.5 Å². The van der Waals surface area contributed by atoms with Crippen LogP contribution in [0.25, 0.3) is 0 Å². The van der Waals surface area contributed by atoms with Crippen LogP contribution in [0.1, 0.15) is 0 Å². The van der Waals surface area contributed by atoms with Crippen molar-refractivity contribution in [1.29, 1.82) is 0 Å². The molecule has 0 unspecified atom stereocenters. The molecule has 2 aromatic heterocycles. The van der Waals surface area contributed by atoms with Gasteiger partial charge in [0.25, 0.3) is 0 Å². The van der Waals surface area contributed by atoms with Crippen LogP contribution in [-0.4, -0.2) is 19.9 Å². The Balaban J connectivity index is 0.000000174. The van der Waals surface area contributed by atoms with Crippen molar-refractivity contribution in [2.24, 2.45) is 0 Å². The first-order valence-electron chi connectivity index (χ1n) is 2.95. The van der Waals surface area contributed by atoms with Crippen LogP contribution in [0.2, 0.25) is 0 Å². The van der Waals surface area contributed by atoms with Gasteiger partial charge in [0.2, 0.25) is 0 Å². The van der Waals surface area contributed by atoms with Gasteiger partial charge in [0.15, 0.2) is 0 Å². The number of nitrogens with zero attached hydrogens (tertiary/aromatic N) is 2. The largest absolute Gasteiger partial charge is 0.467 e. The molecule has 0 radical (unpaired) electrons. The van der Waals surface area contributed by atoms with Crippen molar-refractivity contribution in [1.82, 2.24) is 19.9 Å². The third-order valence-corrected chi connectivity index (χ3v) is 0.723. The van der Waals surface area contributed by atoms with Crippen LogP contribution < -0.4 is 0 Å². The summed E-state index contributed by atoms with van der Waals surface area (Å²) in [4.78, 5) is 12.3. The van der Waals surface area contributed by atoms with E-state index >= 15 is 0 Å². The summed E-state index contributed by atoms with van der Waals surface area (Å²) in [5.74, 6) is 0. The minimum atomic E-state index is 1.25. The molecule has 0 amide bonds. The number of hydrogen-bond donors (Lipinski definition) is 2. The second-order valence-corrected chi connectivity index (χ2v) is 6.43. The summed E-state index contributed by atoms with van der Waals surface area (Å²) >= 11 is 6.00. The van der Waals surface area contributed by atoms with Crippen LogP contribution >= 0.6 is 28.5 Å². The second-order valence-electron chi connectivity index (χ2n) is 1.45. The molecule has 0 aliphatic carbocycles. The molecule has 0 fully saturated rings. The predicted octanol–water partition coefficient (Wildman–Crippen LogP) is 2.11. The van der Waals surface area contributed by atoms with Crippen LogP contribution in [0.5, 0.6) is 0 Å². The summed E-state index contributed by atoms with van der Waals surface area (Å²) in [5.41, 5.74) is 0. The number of nitrogens with one attached hydrogen (secondary N) is 2. The van der Waals surface area contributed by atoms with E-state index in [-0.39, 0.29) is 0 Å². The van der Waals surface area contributed by atoms with Crippen molar-refractivity contribution < 1.29 is 10.9 Å². The van der Waals surface area contributed by atoms with Crippen LogP contribution in [0, 0.1) is 12.7 Å². The quantitative estimate of drug-likeness (QED) is 0.563.